The summed E-state index contributed by atoms with van der Waals surface area (Å²) in [6.45, 7) is 1.75. The van der Waals surface area contributed by atoms with E-state index in [0.29, 0.717) is 28.1 Å². The van der Waals surface area contributed by atoms with E-state index < -0.39 is 5.82 Å². The van der Waals surface area contributed by atoms with Crippen molar-refractivity contribution in [1.82, 2.24) is 29.4 Å². The lowest BCUT2D eigenvalue weighted by molar-refractivity contribution is 0.415. The van der Waals surface area contributed by atoms with E-state index in [-0.39, 0.29) is 11.9 Å². The van der Waals surface area contributed by atoms with Crippen LogP contribution in [0.3, 0.4) is 0 Å². The maximum atomic E-state index is 14.1. The maximum absolute atomic E-state index is 14.1. The number of nitrogen functional groups attached to an aromatic ring is 1. The zero-order chi connectivity index (χ0) is 20.1. The molecule has 0 radical (unpaired) electrons. The van der Waals surface area contributed by atoms with Crippen LogP contribution in [0.5, 0.6) is 5.75 Å². The molecule has 0 saturated carbocycles. The van der Waals surface area contributed by atoms with Gasteiger partial charge in [0.1, 0.15) is 17.1 Å². The Bertz CT molecular complexity index is 1220. The molecule has 2 N–H and O–H groups in total. The fourth-order valence-corrected chi connectivity index (χ4v) is 4.01. The van der Waals surface area contributed by atoms with E-state index in [0.717, 1.165) is 31.6 Å². The summed E-state index contributed by atoms with van der Waals surface area (Å²) < 4.78 is 22.7. The van der Waals surface area contributed by atoms with E-state index in [2.05, 4.69) is 20.1 Å². The molecule has 4 aromatic rings. The Morgan fingerprint density at radius 1 is 1.28 bits per heavy atom. The lowest BCUT2D eigenvalue weighted by Crippen LogP contribution is -2.34. The van der Waals surface area contributed by atoms with Gasteiger partial charge in [0, 0.05) is 38.3 Å². The molecule has 9 nitrogen and oxygen atoms in total. The van der Waals surface area contributed by atoms with Gasteiger partial charge >= 0.3 is 0 Å². The Kier molecular flexibility index (Phi) is 4.00. The maximum Gasteiger partial charge on any atom is 0.223 e. The monoisotopic (exact) mass is 396 g/mol. The first kappa shape index (κ1) is 17.7. The van der Waals surface area contributed by atoms with Crippen LogP contribution in [0.2, 0.25) is 0 Å². The van der Waals surface area contributed by atoms with Crippen molar-refractivity contribution >= 4 is 28.2 Å². The van der Waals surface area contributed by atoms with Crippen molar-refractivity contribution in [2.24, 2.45) is 7.05 Å². The smallest absolute Gasteiger partial charge is 0.223 e. The topological polar surface area (TPSA) is 99.4 Å². The third-order valence-electron chi connectivity index (χ3n) is 5.41. The molecular formula is C19H21FN8O. The molecule has 0 amide bonds. The van der Waals surface area contributed by atoms with Crippen LogP contribution < -0.4 is 15.4 Å². The number of ether oxygens (including phenoxy) is 1. The van der Waals surface area contributed by atoms with Crippen LogP contribution in [0.1, 0.15) is 24.6 Å². The zero-order valence-corrected chi connectivity index (χ0v) is 16.2. The second-order valence-corrected chi connectivity index (χ2v) is 7.34. The van der Waals surface area contributed by atoms with E-state index in [1.165, 1.54) is 23.8 Å². The highest BCUT2D eigenvalue weighted by Gasteiger charge is 2.27. The van der Waals surface area contributed by atoms with Crippen LogP contribution >= 0.6 is 0 Å². The number of hydrogen-bond acceptors (Lipinski definition) is 7. The summed E-state index contributed by atoms with van der Waals surface area (Å²) in [6, 6.07) is 2.68. The van der Waals surface area contributed by atoms with E-state index in [9.17, 15) is 4.39 Å². The molecule has 5 rings (SSSR count). The van der Waals surface area contributed by atoms with Gasteiger partial charge in [-0.2, -0.15) is 9.61 Å². The van der Waals surface area contributed by atoms with Crippen LogP contribution in [-0.2, 0) is 7.05 Å². The Hall–Kier alpha value is -3.43. The quantitative estimate of drug-likeness (QED) is 0.566. The van der Waals surface area contributed by atoms with Crippen molar-refractivity contribution in [3.8, 4) is 5.75 Å². The third-order valence-corrected chi connectivity index (χ3v) is 5.41. The first-order valence-electron chi connectivity index (χ1n) is 9.46. The molecule has 0 bridgehead atoms. The van der Waals surface area contributed by atoms with Crippen molar-refractivity contribution in [1.29, 1.82) is 0 Å². The highest BCUT2D eigenvalue weighted by Crippen LogP contribution is 2.32. The number of anilines is 2. The summed E-state index contributed by atoms with van der Waals surface area (Å²) in [6.07, 6.45) is 5.86. The molecule has 10 heteroatoms. The predicted molar refractivity (Wildman–Crippen MR) is 107 cm³/mol. The van der Waals surface area contributed by atoms with E-state index in [1.54, 1.807) is 4.68 Å². The highest BCUT2D eigenvalue weighted by atomic mass is 19.1. The Balaban J connectivity index is 1.58. The number of rotatable bonds is 3. The van der Waals surface area contributed by atoms with Crippen LogP contribution in [0.15, 0.2) is 24.5 Å². The minimum Gasteiger partial charge on any atom is -0.494 e. The van der Waals surface area contributed by atoms with E-state index in [4.69, 9.17) is 15.5 Å². The van der Waals surface area contributed by atoms with Gasteiger partial charge in [0.2, 0.25) is 5.95 Å². The zero-order valence-electron chi connectivity index (χ0n) is 16.2. The van der Waals surface area contributed by atoms with Gasteiger partial charge in [0.25, 0.3) is 0 Å². The number of nitrogens with two attached hydrogens (primary N) is 1. The SMILES string of the molecule is COc1cc(F)cc2c1nc(N)n1nc([C@H]3CCCN(c4cnn(C)c4)C3)nc21. The predicted octanol–water partition coefficient (Wildman–Crippen LogP) is 2.12. The average molecular weight is 396 g/mol. The molecule has 1 atom stereocenters. The lowest BCUT2D eigenvalue weighted by atomic mass is 9.97. The van der Waals surface area contributed by atoms with Gasteiger partial charge in [-0.05, 0) is 18.9 Å². The minimum atomic E-state index is -0.423. The van der Waals surface area contributed by atoms with Crippen molar-refractivity contribution in [2.75, 3.05) is 30.8 Å². The number of halogens is 1. The standard InChI is InChI=1S/C19H21FN8O/c1-26-10-13(8-22-26)27-5-3-4-11(9-27)17-24-18-14-6-12(20)7-15(29-2)16(14)23-19(21)28(18)25-17/h6-8,10-11H,3-5,9H2,1-2H3,(H2,21,23)/t11-/m0/s1. The molecule has 1 aliphatic rings. The molecule has 3 aromatic heterocycles. The number of benzene rings is 1. The molecule has 1 saturated heterocycles. The normalized spacial score (nSPS) is 17.3. The fraction of sp³-hybridized carbons (Fsp3) is 0.368. The fourth-order valence-electron chi connectivity index (χ4n) is 4.01. The van der Waals surface area contributed by atoms with Crippen molar-refractivity contribution in [3.05, 3.63) is 36.2 Å². The number of nitrogens with zero attached hydrogens (tertiary/aromatic N) is 7. The van der Waals surface area contributed by atoms with Crippen LogP contribution in [0.4, 0.5) is 16.0 Å². The molecular weight excluding hydrogens is 375 g/mol. The van der Waals surface area contributed by atoms with Crippen LogP contribution in [0, 0.1) is 5.82 Å². The van der Waals surface area contributed by atoms with E-state index >= 15 is 0 Å². The summed E-state index contributed by atoms with van der Waals surface area (Å²) in [4.78, 5) is 11.4. The summed E-state index contributed by atoms with van der Waals surface area (Å²) >= 11 is 0. The number of hydrogen-bond donors (Lipinski definition) is 1. The number of fused-ring (bicyclic) bond motifs is 3. The second kappa shape index (κ2) is 6.57. The molecule has 0 aliphatic carbocycles. The second-order valence-electron chi connectivity index (χ2n) is 7.34. The summed E-state index contributed by atoms with van der Waals surface area (Å²) in [5.74, 6) is 0.902. The first-order chi connectivity index (χ1) is 14.0. The van der Waals surface area contributed by atoms with Gasteiger partial charge in [-0.15, -0.1) is 5.10 Å². The van der Waals surface area contributed by atoms with Gasteiger partial charge in [0.05, 0.1) is 24.4 Å². The number of piperidine rings is 1. The molecule has 0 unspecified atom stereocenters. The number of aryl methyl sites for hydroxylation is 1. The lowest BCUT2D eigenvalue weighted by Gasteiger charge is -2.32. The molecule has 150 valence electrons. The van der Waals surface area contributed by atoms with Crippen molar-refractivity contribution in [3.63, 3.8) is 0 Å². The largest absolute Gasteiger partial charge is 0.494 e. The van der Waals surface area contributed by atoms with Crippen molar-refractivity contribution < 1.29 is 9.13 Å². The molecule has 1 fully saturated rings. The van der Waals surface area contributed by atoms with Crippen LogP contribution in [0.25, 0.3) is 16.6 Å². The average Bonchev–Trinajstić information content (AvgIpc) is 3.36. The Morgan fingerprint density at radius 2 is 2.14 bits per heavy atom. The van der Waals surface area contributed by atoms with E-state index in [1.807, 2.05) is 19.4 Å². The highest BCUT2D eigenvalue weighted by molar-refractivity contribution is 5.95. The first-order valence-corrected chi connectivity index (χ1v) is 9.46. The Morgan fingerprint density at radius 3 is 2.90 bits per heavy atom. The van der Waals surface area contributed by atoms with Gasteiger partial charge in [-0.1, -0.05) is 0 Å². The summed E-state index contributed by atoms with van der Waals surface area (Å²) in [7, 11) is 3.38. The molecule has 1 aromatic carbocycles. The molecule has 29 heavy (non-hydrogen) atoms. The van der Waals surface area contributed by atoms with Gasteiger partial charge in [0.15, 0.2) is 11.5 Å². The van der Waals surface area contributed by atoms with Crippen molar-refractivity contribution in [2.45, 2.75) is 18.8 Å². The van der Waals surface area contributed by atoms with Crippen LogP contribution in [-0.4, -0.2) is 49.6 Å². The summed E-state index contributed by atoms with van der Waals surface area (Å²) in [5.41, 5.74) is 8.17. The Labute approximate surface area is 165 Å². The molecule has 1 aliphatic heterocycles. The van der Waals surface area contributed by atoms with Gasteiger partial charge < -0.3 is 15.4 Å². The van der Waals surface area contributed by atoms with Gasteiger partial charge in [-0.25, -0.2) is 14.4 Å². The molecule has 4 heterocycles. The number of methoxy groups -OCH3 is 1. The molecule has 0 spiro atoms. The third kappa shape index (κ3) is 2.91. The van der Waals surface area contributed by atoms with Gasteiger partial charge in [-0.3, -0.25) is 4.68 Å². The summed E-state index contributed by atoms with van der Waals surface area (Å²) in [5, 5.41) is 9.40. The minimum absolute atomic E-state index is 0.133. The number of aromatic nitrogens is 6.